The molecule has 1 amide bonds. The van der Waals surface area contributed by atoms with E-state index in [0.717, 1.165) is 0 Å². The summed E-state index contributed by atoms with van der Waals surface area (Å²) >= 11 is 5.65. The highest BCUT2D eigenvalue weighted by Gasteiger charge is 1.91. The van der Waals surface area contributed by atoms with E-state index in [9.17, 15) is 4.79 Å². The van der Waals surface area contributed by atoms with Gasteiger partial charge in [0.15, 0.2) is 0 Å². The van der Waals surface area contributed by atoms with Gasteiger partial charge in [-0.15, -0.1) is 0 Å². The van der Waals surface area contributed by atoms with Crippen molar-refractivity contribution in [2.75, 3.05) is 0 Å². The van der Waals surface area contributed by atoms with Crippen LogP contribution in [0.15, 0.2) is 24.3 Å². The predicted molar refractivity (Wildman–Crippen MR) is 52.1 cm³/mol. The van der Waals surface area contributed by atoms with E-state index in [4.69, 9.17) is 17.3 Å². The van der Waals surface area contributed by atoms with Crippen molar-refractivity contribution in [3.8, 4) is 0 Å². The van der Waals surface area contributed by atoms with Gasteiger partial charge in [-0.2, -0.15) is 0 Å². The van der Waals surface area contributed by atoms with Crippen molar-refractivity contribution in [2.24, 2.45) is 5.73 Å². The molecule has 1 aromatic heterocycles. The lowest BCUT2D eigenvalue weighted by Crippen LogP contribution is -2.07. The summed E-state index contributed by atoms with van der Waals surface area (Å²) in [6.45, 7) is 0. The van der Waals surface area contributed by atoms with Crippen LogP contribution in [0.25, 0.3) is 6.08 Å². The van der Waals surface area contributed by atoms with Gasteiger partial charge in [0.25, 0.3) is 0 Å². The first kappa shape index (κ1) is 9.74. The molecule has 0 atom stereocenters. The Kier molecular flexibility index (Phi) is 3.46. The minimum atomic E-state index is -0.363. The maximum absolute atomic E-state index is 10.4. The molecule has 0 fully saturated rings. The highest BCUT2D eigenvalue weighted by atomic mass is 35.5. The van der Waals surface area contributed by atoms with Crippen molar-refractivity contribution in [2.45, 2.75) is 6.42 Å². The van der Waals surface area contributed by atoms with E-state index in [1.807, 2.05) is 0 Å². The summed E-state index contributed by atoms with van der Waals surface area (Å²) in [6.07, 6.45) is 3.58. The van der Waals surface area contributed by atoms with Gasteiger partial charge in [0, 0.05) is 6.42 Å². The van der Waals surface area contributed by atoms with Crippen LogP contribution in [0.4, 0.5) is 0 Å². The molecule has 1 heterocycles. The second-order valence-corrected chi connectivity index (χ2v) is 2.85. The van der Waals surface area contributed by atoms with Crippen LogP contribution < -0.4 is 5.73 Å². The van der Waals surface area contributed by atoms with E-state index in [1.165, 1.54) is 0 Å². The van der Waals surface area contributed by atoms with Crippen molar-refractivity contribution >= 4 is 23.6 Å². The molecule has 0 unspecified atom stereocenters. The zero-order valence-corrected chi connectivity index (χ0v) is 7.66. The van der Waals surface area contributed by atoms with E-state index in [0.29, 0.717) is 10.8 Å². The molecule has 0 aliphatic heterocycles. The molecule has 0 radical (unpaired) electrons. The van der Waals surface area contributed by atoms with Crippen LogP contribution in [0.1, 0.15) is 12.1 Å². The van der Waals surface area contributed by atoms with Crippen molar-refractivity contribution in [3.05, 3.63) is 35.1 Å². The summed E-state index contributed by atoms with van der Waals surface area (Å²) in [5.41, 5.74) is 5.67. The van der Waals surface area contributed by atoms with Gasteiger partial charge < -0.3 is 5.73 Å². The van der Waals surface area contributed by atoms with E-state index >= 15 is 0 Å². The lowest BCUT2D eigenvalue weighted by atomic mass is 10.3. The Bertz CT molecular complexity index is 336. The van der Waals surface area contributed by atoms with Gasteiger partial charge in [0.2, 0.25) is 5.91 Å². The Morgan fingerprint density at radius 2 is 2.38 bits per heavy atom. The van der Waals surface area contributed by atoms with Gasteiger partial charge in [-0.1, -0.05) is 23.7 Å². The first-order valence-corrected chi connectivity index (χ1v) is 4.13. The molecule has 0 aliphatic carbocycles. The van der Waals surface area contributed by atoms with E-state index in [2.05, 4.69) is 4.98 Å². The van der Waals surface area contributed by atoms with Crippen LogP contribution in [0.5, 0.6) is 0 Å². The number of halogens is 1. The molecule has 4 heteroatoms. The number of carbonyl (C=O) groups excluding carboxylic acids is 1. The fourth-order valence-corrected chi connectivity index (χ4v) is 0.983. The first-order chi connectivity index (χ1) is 6.18. The summed E-state index contributed by atoms with van der Waals surface area (Å²) < 4.78 is 0. The van der Waals surface area contributed by atoms with Crippen LogP contribution in [-0.4, -0.2) is 10.9 Å². The minimum Gasteiger partial charge on any atom is -0.369 e. The number of primary amides is 1. The average molecular weight is 197 g/mol. The number of hydrogen-bond acceptors (Lipinski definition) is 2. The summed E-state index contributed by atoms with van der Waals surface area (Å²) in [5, 5.41) is 0.432. The Labute approximate surface area is 81.2 Å². The van der Waals surface area contributed by atoms with Crippen molar-refractivity contribution in [1.82, 2.24) is 4.98 Å². The summed E-state index contributed by atoms with van der Waals surface area (Å²) in [6, 6.07) is 5.27. The van der Waals surface area contributed by atoms with Crippen LogP contribution in [0, 0.1) is 0 Å². The zero-order valence-electron chi connectivity index (χ0n) is 6.90. The second-order valence-electron chi connectivity index (χ2n) is 2.46. The van der Waals surface area contributed by atoms with Crippen molar-refractivity contribution in [3.63, 3.8) is 0 Å². The molecule has 0 bridgehead atoms. The number of carbonyl (C=O) groups is 1. The Hall–Kier alpha value is -1.35. The molecule has 3 nitrogen and oxygen atoms in total. The SMILES string of the molecule is NC(=O)CC=Cc1cccc(Cl)n1. The zero-order chi connectivity index (χ0) is 9.68. The number of rotatable bonds is 3. The highest BCUT2D eigenvalue weighted by molar-refractivity contribution is 6.29. The number of nitrogens with zero attached hydrogens (tertiary/aromatic N) is 1. The fourth-order valence-electron chi connectivity index (χ4n) is 0.813. The number of aromatic nitrogens is 1. The normalized spacial score (nSPS) is 10.5. The predicted octanol–water partition coefficient (Wildman–Crippen LogP) is 1.62. The van der Waals surface area contributed by atoms with Crippen LogP contribution in [-0.2, 0) is 4.79 Å². The topological polar surface area (TPSA) is 56.0 Å². The molecule has 0 aliphatic rings. The summed E-state index contributed by atoms with van der Waals surface area (Å²) in [4.78, 5) is 14.4. The third-order valence-electron chi connectivity index (χ3n) is 1.34. The Morgan fingerprint density at radius 3 is 3.00 bits per heavy atom. The molecule has 1 aromatic rings. The van der Waals surface area contributed by atoms with Crippen LogP contribution >= 0.6 is 11.6 Å². The molecule has 0 spiro atoms. The third kappa shape index (κ3) is 3.71. The number of nitrogens with two attached hydrogens (primary N) is 1. The molecule has 0 aromatic carbocycles. The minimum absolute atomic E-state index is 0.216. The van der Waals surface area contributed by atoms with Crippen LogP contribution in [0.2, 0.25) is 5.15 Å². The molecular formula is C9H9ClN2O. The van der Waals surface area contributed by atoms with E-state index in [1.54, 1.807) is 30.4 Å². The molecular weight excluding hydrogens is 188 g/mol. The van der Waals surface area contributed by atoms with Crippen molar-refractivity contribution in [1.29, 1.82) is 0 Å². The number of hydrogen-bond donors (Lipinski definition) is 1. The van der Waals surface area contributed by atoms with Gasteiger partial charge in [-0.3, -0.25) is 4.79 Å². The van der Waals surface area contributed by atoms with Gasteiger partial charge in [-0.05, 0) is 18.2 Å². The summed E-state index contributed by atoms with van der Waals surface area (Å²) in [5.74, 6) is -0.363. The monoisotopic (exact) mass is 196 g/mol. The van der Waals surface area contributed by atoms with E-state index < -0.39 is 0 Å². The van der Waals surface area contributed by atoms with Gasteiger partial charge >= 0.3 is 0 Å². The molecule has 13 heavy (non-hydrogen) atoms. The largest absolute Gasteiger partial charge is 0.369 e. The lowest BCUT2D eigenvalue weighted by molar-refractivity contribution is -0.117. The molecule has 2 N–H and O–H groups in total. The second kappa shape index (κ2) is 4.62. The highest BCUT2D eigenvalue weighted by Crippen LogP contribution is 2.06. The molecule has 0 saturated heterocycles. The Balaban J connectivity index is 2.63. The first-order valence-electron chi connectivity index (χ1n) is 3.76. The van der Waals surface area contributed by atoms with Gasteiger partial charge in [0.05, 0.1) is 5.69 Å². The molecule has 0 saturated carbocycles. The summed E-state index contributed by atoms with van der Waals surface area (Å²) in [7, 11) is 0. The maximum Gasteiger partial charge on any atom is 0.221 e. The third-order valence-corrected chi connectivity index (χ3v) is 1.55. The van der Waals surface area contributed by atoms with Crippen molar-refractivity contribution < 1.29 is 4.79 Å². The fraction of sp³-hybridized carbons (Fsp3) is 0.111. The maximum atomic E-state index is 10.4. The van der Waals surface area contributed by atoms with Gasteiger partial charge in [-0.25, -0.2) is 4.98 Å². The smallest absolute Gasteiger partial charge is 0.221 e. The van der Waals surface area contributed by atoms with E-state index in [-0.39, 0.29) is 12.3 Å². The number of pyridine rings is 1. The average Bonchev–Trinajstić information content (AvgIpc) is 2.03. The quantitative estimate of drug-likeness (QED) is 0.747. The standard InChI is InChI=1S/C9H9ClN2O/c10-8-5-1-3-7(12-8)4-2-6-9(11)13/h1-5H,6H2,(H2,11,13). The van der Waals surface area contributed by atoms with Gasteiger partial charge in [0.1, 0.15) is 5.15 Å². The number of amides is 1. The molecule has 1 rings (SSSR count). The lowest BCUT2D eigenvalue weighted by Gasteiger charge is -1.92. The Morgan fingerprint density at radius 1 is 1.62 bits per heavy atom. The molecule has 68 valence electrons. The van der Waals surface area contributed by atoms with Crippen LogP contribution in [0.3, 0.4) is 0 Å².